The van der Waals surface area contributed by atoms with Crippen LogP contribution in [-0.4, -0.2) is 31.4 Å². The second kappa shape index (κ2) is 8.99. The van der Waals surface area contributed by atoms with Gasteiger partial charge in [-0.05, 0) is 42.3 Å². The summed E-state index contributed by atoms with van der Waals surface area (Å²) < 4.78 is 26.2. The van der Waals surface area contributed by atoms with Crippen LogP contribution in [0.5, 0.6) is 0 Å². The van der Waals surface area contributed by atoms with Gasteiger partial charge < -0.3 is 5.32 Å². The summed E-state index contributed by atoms with van der Waals surface area (Å²) in [6.07, 6.45) is 1.09. The second-order valence-corrected chi connectivity index (χ2v) is 9.34. The first-order valence-electron chi connectivity index (χ1n) is 7.89. The van der Waals surface area contributed by atoms with E-state index >= 15 is 0 Å². The summed E-state index contributed by atoms with van der Waals surface area (Å²) in [5.41, 5.74) is 1.68. The second-order valence-electron chi connectivity index (χ2n) is 6.00. The lowest BCUT2D eigenvalue weighted by molar-refractivity contribution is -0.122. The third-order valence-corrected chi connectivity index (χ3v) is 5.73. The Kier molecular flexibility index (Phi) is 7.23. The first kappa shape index (κ1) is 20.9. The molecule has 0 aliphatic rings. The van der Waals surface area contributed by atoms with Crippen molar-refractivity contribution in [3.8, 4) is 0 Å². The molecule has 0 heterocycles. The third kappa shape index (κ3) is 6.39. The van der Waals surface area contributed by atoms with Crippen LogP contribution in [0, 0.1) is 0 Å². The highest BCUT2D eigenvalue weighted by Crippen LogP contribution is 2.18. The van der Waals surface area contributed by atoms with Crippen molar-refractivity contribution in [1.29, 1.82) is 0 Å². The fourth-order valence-electron chi connectivity index (χ4n) is 2.39. The van der Waals surface area contributed by atoms with Gasteiger partial charge in [-0.1, -0.05) is 51.8 Å². The summed E-state index contributed by atoms with van der Waals surface area (Å²) >= 11 is 9.25. The monoisotopic (exact) mass is 458 g/mol. The number of carbonyl (C=O) groups excluding carboxylic acids is 1. The zero-order valence-corrected chi connectivity index (χ0v) is 17.6. The Bertz CT molecular complexity index is 872. The van der Waals surface area contributed by atoms with E-state index in [-0.39, 0.29) is 25.0 Å². The molecule has 0 fully saturated rings. The average molecular weight is 460 g/mol. The summed E-state index contributed by atoms with van der Waals surface area (Å²) in [6.45, 7) is 1.71. The Morgan fingerprint density at radius 3 is 2.46 bits per heavy atom. The van der Waals surface area contributed by atoms with Crippen LogP contribution in [0.1, 0.15) is 24.1 Å². The highest BCUT2D eigenvalue weighted by atomic mass is 79.9. The van der Waals surface area contributed by atoms with Gasteiger partial charge >= 0.3 is 0 Å². The number of carbonyl (C=O) groups is 1. The van der Waals surface area contributed by atoms with E-state index in [4.69, 9.17) is 11.6 Å². The number of nitrogens with zero attached hydrogens (tertiary/aromatic N) is 1. The molecule has 140 valence electrons. The van der Waals surface area contributed by atoms with Crippen LogP contribution < -0.4 is 5.32 Å². The number of sulfonamides is 1. The van der Waals surface area contributed by atoms with E-state index in [0.717, 1.165) is 26.2 Å². The SMILES string of the molecule is C[C@@H](NC(=O)CN(Cc1ccc(Cl)cc1)S(C)(=O)=O)c1cccc(Br)c1. The molecular formula is C18H20BrClN2O3S. The van der Waals surface area contributed by atoms with E-state index in [1.165, 1.54) is 0 Å². The minimum absolute atomic E-state index is 0.106. The van der Waals surface area contributed by atoms with E-state index in [2.05, 4.69) is 21.2 Å². The van der Waals surface area contributed by atoms with Crippen LogP contribution in [0.4, 0.5) is 0 Å². The molecule has 0 saturated heterocycles. The lowest BCUT2D eigenvalue weighted by Gasteiger charge is -2.21. The molecule has 0 bridgehead atoms. The predicted octanol–water partition coefficient (Wildman–Crippen LogP) is 3.74. The van der Waals surface area contributed by atoms with E-state index in [9.17, 15) is 13.2 Å². The van der Waals surface area contributed by atoms with Crippen molar-refractivity contribution < 1.29 is 13.2 Å². The van der Waals surface area contributed by atoms with Crippen molar-refractivity contribution in [1.82, 2.24) is 9.62 Å². The lowest BCUT2D eigenvalue weighted by Crippen LogP contribution is -2.40. The van der Waals surface area contributed by atoms with Crippen molar-refractivity contribution in [2.45, 2.75) is 19.5 Å². The normalized spacial score (nSPS) is 12.8. The summed E-state index contributed by atoms with van der Waals surface area (Å²) in [4.78, 5) is 12.4. The highest BCUT2D eigenvalue weighted by Gasteiger charge is 2.21. The van der Waals surface area contributed by atoms with Crippen LogP contribution in [0.25, 0.3) is 0 Å². The summed E-state index contributed by atoms with van der Waals surface area (Å²) in [6, 6.07) is 14.2. The van der Waals surface area contributed by atoms with Crippen molar-refractivity contribution >= 4 is 43.5 Å². The fourth-order valence-corrected chi connectivity index (χ4v) is 3.67. The molecule has 0 aliphatic heterocycles. The predicted molar refractivity (Wildman–Crippen MR) is 107 cm³/mol. The van der Waals surface area contributed by atoms with E-state index in [1.807, 2.05) is 31.2 Å². The minimum Gasteiger partial charge on any atom is -0.348 e. The van der Waals surface area contributed by atoms with Gasteiger partial charge in [0, 0.05) is 16.0 Å². The summed E-state index contributed by atoms with van der Waals surface area (Å²) in [5.74, 6) is -0.364. The Morgan fingerprint density at radius 2 is 1.88 bits per heavy atom. The van der Waals surface area contributed by atoms with Gasteiger partial charge in [0.1, 0.15) is 0 Å². The van der Waals surface area contributed by atoms with Gasteiger partial charge in [0.25, 0.3) is 0 Å². The Morgan fingerprint density at radius 1 is 1.23 bits per heavy atom. The van der Waals surface area contributed by atoms with Crippen molar-refractivity contribution in [3.63, 3.8) is 0 Å². The van der Waals surface area contributed by atoms with Gasteiger partial charge in [-0.25, -0.2) is 8.42 Å². The first-order valence-corrected chi connectivity index (χ1v) is 10.9. The molecule has 2 rings (SSSR count). The molecule has 0 spiro atoms. The Balaban J connectivity index is 2.05. The van der Waals surface area contributed by atoms with Crippen LogP contribution >= 0.6 is 27.5 Å². The van der Waals surface area contributed by atoms with Gasteiger partial charge in [-0.2, -0.15) is 4.31 Å². The fraction of sp³-hybridized carbons (Fsp3) is 0.278. The first-order chi connectivity index (χ1) is 12.1. The molecule has 0 aliphatic carbocycles. The van der Waals surface area contributed by atoms with Gasteiger partial charge in [0.2, 0.25) is 15.9 Å². The maximum Gasteiger partial charge on any atom is 0.235 e. The maximum atomic E-state index is 12.4. The number of benzene rings is 2. The van der Waals surface area contributed by atoms with Crippen LogP contribution in [0.15, 0.2) is 53.0 Å². The molecule has 2 aromatic carbocycles. The van der Waals surface area contributed by atoms with E-state index in [0.29, 0.717) is 5.02 Å². The molecule has 0 unspecified atom stereocenters. The number of hydrogen-bond acceptors (Lipinski definition) is 3. The number of rotatable bonds is 7. The number of halogens is 2. The molecule has 2 aromatic rings. The third-order valence-electron chi connectivity index (χ3n) is 3.79. The average Bonchev–Trinajstić information content (AvgIpc) is 2.55. The van der Waals surface area contributed by atoms with Crippen LogP contribution in [-0.2, 0) is 21.4 Å². The van der Waals surface area contributed by atoms with Gasteiger partial charge in [0.05, 0.1) is 18.8 Å². The summed E-state index contributed by atoms with van der Waals surface area (Å²) in [5, 5.41) is 3.40. The smallest absolute Gasteiger partial charge is 0.235 e. The quantitative estimate of drug-likeness (QED) is 0.686. The molecule has 1 N–H and O–H groups in total. The zero-order valence-electron chi connectivity index (χ0n) is 14.4. The van der Waals surface area contributed by atoms with Crippen molar-refractivity contribution in [2.75, 3.05) is 12.8 Å². The molecule has 26 heavy (non-hydrogen) atoms. The van der Waals surface area contributed by atoms with Gasteiger partial charge in [-0.3, -0.25) is 4.79 Å². The molecule has 5 nitrogen and oxygen atoms in total. The van der Waals surface area contributed by atoms with Crippen LogP contribution in [0.3, 0.4) is 0 Å². The topological polar surface area (TPSA) is 66.5 Å². The standard InChI is InChI=1S/C18H20BrClN2O3S/c1-13(15-4-3-5-16(19)10-15)21-18(23)12-22(26(2,24)25)11-14-6-8-17(20)9-7-14/h3-10,13H,11-12H2,1-2H3,(H,21,23)/t13-/m1/s1. The molecule has 8 heteroatoms. The maximum absolute atomic E-state index is 12.4. The molecule has 0 aromatic heterocycles. The van der Waals surface area contributed by atoms with Gasteiger partial charge in [-0.15, -0.1) is 0 Å². The molecule has 0 saturated carbocycles. The number of hydrogen-bond donors (Lipinski definition) is 1. The molecule has 1 amide bonds. The largest absolute Gasteiger partial charge is 0.348 e. The van der Waals surface area contributed by atoms with E-state index < -0.39 is 10.0 Å². The molecular weight excluding hydrogens is 440 g/mol. The number of amides is 1. The summed E-state index contributed by atoms with van der Waals surface area (Å²) in [7, 11) is -3.54. The number of nitrogens with one attached hydrogen (secondary N) is 1. The molecule has 1 atom stereocenters. The van der Waals surface area contributed by atoms with Gasteiger partial charge in [0.15, 0.2) is 0 Å². The molecule has 0 radical (unpaired) electrons. The highest BCUT2D eigenvalue weighted by molar-refractivity contribution is 9.10. The Labute approximate surface area is 167 Å². The van der Waals surface area contributed by atoms with Crippen LogP contribution in [0.2, 0.25) is 5.02 Å². The Hall–Kier alpha value is -1.41. The van der Waals surface area contributed by atoms with Crippen molar-refractivity contribution in [3.05, 3.63) is 69.2 Å². The lowest BCUT2D eigenvalue weighted by atomic mass is 10.1. The zero-order chi connectivity index (χ0) is 19.3. The van der Waals surface area contributed by atoms with E-state index in [1.54, 1.807) is 24.3 Å². The minimum atomic E-state index is -3.54. The van der Waals surface area contributed by atoms with Crippen molar-refractivity contribution in [2.24, 2.45) is 0 Å².